The molecule has 1 aliphatic rings. The summed E-state index contributed by atoms with van der Waals surface area (Å²) in [6.07, 6.45) is 8.55. The molecule has 2 N–H and O–H groups in total. The molecule has 0 saturated carbocycles. The van der Waals surface area contributed by atoms with Crippen molar-refractivity contribution in [2.45, 2.75) is 65.2 Å². The fourth-order valence-corrected chi connectivity index (χ4v) is 5.35. The van der Waals surface area contributed by atoms with Gasteiger partial charge in [-0.25, -0.2) is 4.79 Å². The average Bonchev–Trinajstić information content (AvgIpc) is 3.17. The van der Waals surface area contributed by atoms with Crippen LogP contribution in [0, 0.1) is 0 Å². The van der Waals surface area contributed by atoms with E-state index in [0.717, 1.165) is 49.8 Å². The standard InChI is InChI=1S/C25H32N2O4S2/c1-3-5-6-9-16-31-18-14-12-17(13-15-18)22(28)26-25(32)27-23-21(24(29)30-4-2)19-10-7-8-11-20(19)33-23/h12-15H,3-11,16H2,1-2H3,(H2,26,27,28,32). The summed E-state index contributed by atoms with van der Waals surface area (Å²) in [5.74, 6) is 0.0757. The molecule has 6 nitrogen and oxygen atoms in total. The van der Waals surface area contributed by atoms with Crippen molar-refractivity contribution in [3.63, 3.8) is 0 Å². The maximum atomic E-state index is 12.6. The number of esters is 1. The Morgan fingerprint density at radius 1 is 1.06 bits per heavy atom. The van der Waals surface area contributed by atoms with Gasteiger partial charge in [0.25, 0.3) is 5.91 Å². The molecule has 0 spiro atoms. The third-order valence-corrected chi connectivity index (χ3v) is 6.90. The molecule has 1 heterocycles. The van der Waals surface area contributed by atoms with Gasteiger partial charge in [-0.2, -0.15) is 0 Å². The van der Waals surface area contributed by atoms with Gasteiger partial charge < -0.3 is 14.8 Å². The zero-order chi connectivity index (χ0) is 23.6. The second-order valence-electron chi connectivity index (χ2n) is 7.98. The highest BCUT2D eigenvalue weighted by Crippen LogP contribution is 2.38. The molecule has 0 saturated heterocycles. The third kappa shape index (κ3) is 7.01. The zero-order valence-corrected chi connectivity index (χ0v) is 21.0. The van der Waals surface area contributed by atoms with Crippen LogP contribution in [0.2, 0.25) is 0 Å². The predicted molar refractivity (Wildman–Crippen MR) is 137 cm³/mol. The van der Waals surface area contributed by atoms with Crippen LogP contribution in [0.1, 0.15) is 83.5 Å². The van der Waals surface area contributed by atoms with Crippen molar-refractivity contribution < 1.29 is 19.1 Å². The van der Waals surface area contributed by atoms with Crippen LogP contribution in [0.25, 0.3) is 0 Å². The largest absolute Gasteiger partial charge is 0.494 e. The van der Waals surface area contributed by atoms with Crippen molar-refractivity contribution in [2.75, 3.05) is 18.5 Å². The highest BCUT2D eigenvalue weighted by molar-refractivity contribution is 7.80. The van der Waals surface area contributed by atoms with Crippen LogP contribution in [-0.2, 0) is 17.6 Å². The summed E-state index contributed by atoms with van der Waals surface area (Å²) >= 11 is 6.88. The number of nitrogens with one attached hydrogen (secondary N) is 2. The molecule has 33 heavy (non-hydrogen) atoms. The van der Waals surface area contributed by atoms with E-state index in [-0.39, 0.29) is 17.0 Å². The number of hydrogen-bond donors (Lipinski definition) is 2. The van der Waals surface area contributed by atoms with E-state index < -0.39 is 0 Å². The van der Waals surface area contributed by atoms with Crippen molar-refractivity contribution in [1.29, 1.82) is 0 Å². The van der Waals surface area contributed by atoms with Gasteiger partial charge >= 0.3 is 5.97 Å². The van der Waals surface area contributed by atoms with Gasteiger partial charge in [0.2, 0.25) is 0 Å². The van der Waals surface area contributed by atoms with Crippen LogP contribution in [-0.4, -0.2) is 30.2 Å². The number of ether oxygens (including phenoxy) is 2. The lowest BCUT2D eigenvalue weighted by Crippen LogP contribution is -2.34. The van der Waals surface area contributed by atoms with Gasteiger partial charge in [0.1, 0.15) is 10.8 Å². The minimum Gasteiger partial charge on any atom is -0.494 e. The Hall–Kier alpha value is -2.45. The van der Waals surface area contributed by atoms with E-state index in [1.165, 1.54) is 29.1 Å². The Bertz CT molecular complexity index is 970. The first kappa shape index (κ1) is 25.2. The Labute approximate surface area is 205 Å². The maximum absolute atomic E-state index is 12.6. The van der Waals surface area contributed by atoms with Crippen LogP contribution in [0.4, 0.5) is 5.00 Å². The van der Waals surface area contributed by atoms with E-state index in [1.807, 2.05) is 0 Å². The van der Waals surface area contributed by atoms with Gasteiger partial charge in [-0.05, 0) is 81.1 Å². The molecule has 1 aromatic heterocycles. The lowest BCUT2D eigenvalue weighted by molar-refractivity contribution is 0.0526. The summed E-state index contributed by atoms with van der Waals surface area (Å²) < 4.78 is 11.0. The quantitative estimate of drug-likeness (QED) is 0.247. The van der Waals surface area contributed by atoms with E-state index in [0.29, 0.717) is 29.3 Å². The summed E-state index contributed by atoms with van der Waals surface area (Å²) in [5.41, 5.74) is 2.08. The van der Waals surface area contributed by atoms with Gasteiger partial charge in [0.05, 0.1) is 18.8 Å². The Kier molecular flexibility index (Phi) is 9.69. The molecule has 0 atom stereocenters. The summed E-state index contributed by atoms with van der Waals surface area (Å²) in [6.45, 7) is 4.95. The molecule has 0 unspecified atom stereocenters. The average molecular weight is 489 g/mol. The highest BCUT2D eigenvalue weighted by atomic mass is 32.1. The molecule has 0 fully saturated rings. The van der Waals surface area contributed by atoms with Crippen molar-refractivity contribution in [2.24, 2.45) is 0 Å². The summed E-state index contributed by atoms with van der Waals surface area (Å²) in [6, 6.07) is 7.01. The number of rotatable bonds is 10. The van der Waals surface area contributed by atoms with Crippen LogP contribution in [0.3, 0.4) is 0 Å². The summed E-state index contributed by atoms with van der Waals surface area (Å²) in [4.78, 5) is 26.4. The molecule has 1 amide bonds. The second kappa shape index (κ2) is 12.7. The van der Waals surface area contributed by atoms with Crippen LogP contribution >= 0.6 is 23.6 Å². The van der Waals surface area contributed by atoms with Crippen LogP contribution in [0.5, 0.6) is 5.75 Å². The van der Waals surface area contributed by atoms with E-state index in [1.54, 1.807) is 31.2 Å². The fourth-order valence-electron chi connectivity index (χ4n) is 3.80. The molecule has 0 bridgehead atoms. The topological polar surface area (TPSA) is 76.7 Å². The number of carbonyl (C=O) groups is 2. The number of fused-ring (bicyclic) bond motifs is 1. The number of amides is 1. The van der Waals surface area contributed by atoms with Gasteiger partial charge in [0.15, 0.2) is 5.11 Å². The predicted octanol–water partition coefficient (Wildman–Crippen LogP) is 5.89. The monoisotopic (exact) mass is 488 g/mol. The normalized spacial score (nSPS) is 12.5. The Morgan fingerprint density at radius 2 is 1.82 bits per heavy atom. The number of carbonyl (C=O) groups excluding carboxylic acids is 2. The van der Waals surface area contributed by atoms with E-state index in [4.69, 9.17) is 21.7 Å². The number of hydrogen-bond acceptors (Lipinski definition) is 6. The molecule has 2 aromatic rings. The zero-order valence-electron chi connectivity index (χ0n) is 19.3. The smallest absolute Gasteiger partial charge is 0.341 e. The fraction of sp³-hybridized carbons (Fsp3) is 0.480. The summed E-state index contributed by atoms with van der Waals surface area (Å²) in [5, 5.41) is 6.55. The summed E-state index contributed by atoms with van der Waals surface area (Å²) in [7, 11) is 0. The SMILES string of the molecule is CCCCCCOc1ccc(C(=O)NC(=S)Nc2sc3c(c2C(=O)OCC)CCCC3)cc1. The first-order valence-corrected chi connectivity index (χ1v) is 12.9. The number of anilines is 1. The first-order chi connectivity index (χ1) is 16.0. The minimum absolute atomic E-state index is 0.153. The van der Waals surface area contributed by atoms with Gasteiger partial charge in [-0.15, -0.1) is 11.3 Å². The van der Waals surface area contributed by atoms with Crippen molar-refractivity contribution in [3.05, 3.63) is 45.8 Å². The second-order valence-corrected chi connectivity index (χ2v) is 9.49. The number of unbranched alkanes of at least 4 members (excludes halogenated alkanes) is 3. The molecular formula is C25H32N2O4S2. The molecule has 1 aromatic carbocycles. The molecule has 1 aliphatic carbocycles. The molecule has 0 aliphatic heterocycles. The van der Waals surface area contributed by atoms with Gasteiger partial charge in [-0.3, -0.25) is 10.1 Å². The minimum atomic E-state index is -0.348. The number of thiocarbonyl (C=S) groups is 1. The number of benzene rings is 1. The lowest BCUT2D eigenvalue weighted by Gasteiger charge is -2.13. The Morgan fingerprint density at radius 3 is 2.55 bits per heavy atom. The van der Waals surface area contributed by atoms with E-state index >= 15 is 0 Å². The highest BCUT2D eigenvalue weighted by Gasteiger charge is 2.27. The van der Waals surface area contributed by atoms with Crippen molar-refractivity contribution in [3.8, 4) is 5.75 Å². The number of thiophene rings is 1. The van der Waals surface area contributed by atoms with Crippen molar-refractivity contribution >= 4 is 45.5 Å². The molecule has 178 valence electrons. The third-order valence-electron chi connectivity index (χ3n) is 5.49. The van der Waals surface area contributed by atoms with Crippen molar-refractivity contribution in [1.82, 2.24) is 5.32 Å². The maximum Gasteiger partial charge on any atom is 0.341 e. The first-order valence-electron chi connectivity index (χ1n) is 11.7. The lowest BCUT2D eigenvalue weighted by atomic mass is 9.95. The van der Waals surface area contributed by atoms with Gasteiger partial charge in [0, 0.05) is 10.4 Å². The van der Waals surface area contributed by atoms with Crippen LogP contribution in [0.15, 0.2) is 24.3 Å². The van der Waals surface area contributed by atoms with E-state index in [9.17, 15) is 9.59 Å². The van der Waals surface area contributed by atoms with E-state index in [2.05, 4.69) is 17.6 Å². The Balaban J connectivity index is 1.59. The molecule has 0 radical (unpaired) electrons. The molecule has 8 heteroatoms. The molecular weight excluding hydrogens is 456 g/mol. The van der Waals surface area contributed by atoms with Gasteiger partial charge in [-0.1, -0.05) is 26.2 Å². The van der Waals surface area contributed by atoms with Crippen LogP contribution < -0.4 is 15.4 Å². The number of aryl methyl sites for hydroxylation is 1. The molecule has 3 rings (SSSR count).